The summed E-state index contributed by atoms with van der Waals surface area (Å²) >= 11 is 3.62. The lowest BCUT2D eigenvalue weighted by Crippen LogP contribution is -2.21. The Hall–Kier alpha value is -3.32. The number of para-hydroxylation sites is 3. The van der Waals surface area contributed by atoms with Gasteiger partial charge < -0.3 is 15.2 Å². The molecule has 0 spiro atoms. The first-order valence-electron chi connectivity index (χ1n) is 9.15. The Morgan fingerprint density at radius 1 is 0.931 bits per heavy atom. The molecule has 0 saturated heterocycles. The summed E-state index contributed by atoms with van der Waals surface area (Å²) in [6.45, 7) is 0.435. The number of halogens is 1. The molecule has 0 amide bonds. The summed E-state index contributed by atoms with van der Waals surface area (Å²) in [7, 11) is 0. The Bertz CT molecular complexity index is 1190. The maximum atomic E-state index is 6.16. The first kappa shape index (κ1) is 17.8. The van der Waals surface area contributed by atoms with Gasteiger partial charge in [0, 0.05) is 5.39 Å². The van der Waals surface area contributed by atoms with E-state index in [0.29, 0.717) is 12.4 Å². The minimum atomic E-state index is -0.222. The molecule has 6 nitrogen and oxygen atoms in total. The fourth-order valence-corrected chi connectivity index (χ4v) is 3.87. The number of ether oxygens (including phenoxy) is 2. The van der Waals surface area contributed by atoms with Gasteiger partial charge >= 0.3 is 0 Å². The summed E-state index contributed by atoms with van der Waals surface area (Å²) in [4.78, 5) is 8.86. The molecule has 7 heteroatoms. The second kappa shape index (κ2) is 7.25. The van der Waals surface area contributed by atoms with E-state index in [0.717, 1.165) is 33.7 Å². The topological polar surface area (TPSA) is 73.5 Å². The number of hydrogen-bond acceptors (Lipinski definition) is 6. The number of nitrogen functional groups attached to an aromatic ring is 1. The zero-order valence-electron chi connectivity index (χ0n) is 15.3. The summed E-state index contributed by atoms with van der Waals surface area (Å²) in [5, 5.41) is 0.861. The van der Waals surface area contributed by atoms with Crippen LogP contribution in [0.15, 0.2) is 72.8 Å². The molecular formula is C22H17BrN4O2. The number of anilines is 3. The summed E-state index contributed by atoms with van der Waals surface area (Å²) in [6.07, 6.45) is -0.222. The average Bonchev–Trinajstić information content (AvgIpc) is 2.78. The Morgan fingerprint density at radius 2 is 1.69 bits per heavy atom. The molecule has 1 atom stereocenters. The lowest BCUT2D eigenvalue weighted by molar-refractivity contribution is 0.0914. The van der Waals surface area contributed by atoms with Crippen LogP contribution in [0.4, 0.5) is 17.5 Å². The number of rotatable bonds is 3. The highest BCUT2D eigenvalue weighted by atomic mass is 79.9. The predicted molar refractivity (Wildman–Crippen MR) is 117 cm³/mol. The van der Waals surface area contributed by atoms with E-state index in [1.807, 2.05) is 76.7 Å². The molecule has 5 rings (SSSR count). The van der Waals surface area contributed by atoms with Crippen LogP contribution < -0.4 is 19.1 Å². The standard InChI is InChI=1S/C22H17BrN4O2/c23-27(15-6-2-1-3-7-15)21-16-12-14(10-11-17(16)25-22(24)26-21)20-13-28-18-8-4-5-9-19(18)29-20/h1-12,20H,13H2,(H2,24,25,26). The Labute approximate surface area is 176 Å². The lowest BCUT2D eigenvalue weighted by Gasteiger charge is -2.27. The van der Waals surface area contributed by atoms with Gasteiger partial charge in [-0.1, -0.05) is 36.4 Å². The van der Waals surface area contributed by atoms with Crippen molar-refractivity contribution in [1.29, 1.82) is 0 Å². The molecule has 144 valence electrons. The number of fused-ring (bicyclic) bond motifs is 2. The Balaban J connectivity index is 1.57. The molecule has 2 heterocycles. The van der Waals surface area contributed by atoms with Crippen LogP contribution in [0, 0.1) is 0 Å². The highest BCUT2D eigenvalue weighted by Crippen LogP contribution is 2.38. The van der Waals surface area contributed by atoms with Gasteiger partial charge in [-0.3, -0.25) is 3.93 Å². The molecule has 29 heavy (non-hydrogen) atoms. The van der Waals surface area contributed by atoms with E-state index in [1.54, 1.807) is 0 Å². The van der Waals surface area contributed by atoms with Crippen LogP contribution in [0.5, 0.6) is 11.5 Å². The maximum absolute atomic E-state index is 6.16. The molecule has 2 N–H and O–H groups in total. The number of benzene rings is 3. The highest BCUT2D eigenvalue weighted by molar-refractivity contribution is 9.10. The van der Waals surface area contributed by atoms with E-state index < -0.39 is 0 Å². The summed E-state index contributed by atoms with van der Waals surface area (Å²) in [5.41, 5.74) is 8.63. The molecule has 1 aromatic heterocycles. The first-order chi connectivity index (χ1) is 14.2. The molecule has 4 aromatic rings. The fourth-order valence-electron chi connectivity index (χ4n) is 3.36. The van der Waals surface area contributed by atoms with E-state index in [2.05, 4.69) is 26.1 Å². The molecule has 0 bridgehead atoms. The van der Waals surface area contributed by atoms with E-state index in [-0.39, 0.29) is 12.1 Å². The molecule has 0 saturated carbocycles. The molecule has 3 aromatic carbocycles. The second-order valence-electron chi connectivity index (χ2n) is 6.66. The van der Waals surface area contributed by atoms with Crippen molar-refractivity contribution in [2.45, 2.75) is 6.10 Å². The van der Waals surface area contributed by atoms with Crippen LogP contribution in [0.1, 0.15) is 11.7 Å². The quantitative estimate of drug-likeness (QED) is 0.435. The van der Waals surface area contributed by atoms with E-state index in [1.165, 1.54) is 0 Å². The summed E-state index contributed by atoms with van der Waals surface area (Å²) < 4.78 is 13.9. The molecule has 0 aliphatic carbocycles. The van der Waals surface area contributed by atoms with E-state index in [4.69, 9.17) is 15.2 Å². The summed E-state index contributed by atoms with van der Waals surface area (Å²) in [5.74, 6) is 2.38. The van der Waals surface area contributed by atoms with Crippen molar-refractivity contribution in [3.05, 3.63) is 78.4 Å². The van der Waals surface area contributed by atoms with Gasteiger partial charge in [0.15, 0.2) is 23.4 Å². The molecule has 0 radical (unpaired) electrons. The molecule has 1 unspecified atom stereocenters. The first-order valence-corrected chi connectivity index (χ1v) is 9.86. The molecular weight excluding hydrogens is 432 g/mol. The SMILES string of the molecule is Nc1nc(N(Br)c2ccccc2)c2cc(C3COc4ccccc4O3)ccc2n1. The zero-order valence-corrected chi connectivity index (χ0v) is 16.9. The molecule has 1 aliphatic rings. The van der Waals surface area contributed by atoms with Crippen molar-refractivity contribution in [2.75, 3.05) is 16.3 Å². The van der Waals surface area contributed by atoms with Gasteiger partial charge in [-0.15, -0.1) is 0 Å². The van der Waals surface area contributed by atoms with Crippen LogP contribution in [0.25, 0.3) is 10.9 Å². The van der Waals surface area contributed by atoms with E-state index in [9.17, 15) is 0 Å². The normalized spacial score (nSPS) is 15.3. The smallest absolute Gasteiger partial charge is 0.222 e. The van der Waals surface area contributed by atoms with Crippen LogP contribution >= 0.6 is 16.1 Å². The van der Waals surface area contributed by atoms with Crippen molar-refractivity contribution in [1.82, 2.24) is 9.97 Å². The molecule has 1 aliphatic heterocycles. The largest absolute Gasteiger partial charge is 0.485 e. The van der Waals surface area contributed by atoms with E-state index >= 15 is 0 Å². The number of aromatic nitrogens is 2. The third kappa shape index (κ3) is 3.34. The highest BCUT2D eigenvalue weighted by Gasteiger charge is 2.23. The van der Waals surface area contributed by atoms with Crippen LogP contribution in [-0.4, -0.2) is 16.6 Å². The number of nitrogens with two attached hydrogens (primary N) is 1. The van der Waals surface area contributed by atoms with Gasteiger partial charge in [0.05, 0.1) is 27.4 Å². The third-order valence-electron chi connectivity index (χ3n) is 4.77. The van der Waals surface area contributed by atoms with Crippen molar-refractivity contribution in [3.63, 3.8) is 0 Å². The number of hydrogen-bond donors (Lipinski definition) is 1. The average molecular weight is 449 g/mol. The monoisotopic (exact) mass is 448 g/mol. The maximum Gasteiger partial charge on any atom is 0.222 e. The minimum Gasteiger partial charge on any atom is -0.485 e. The minimum absolute atomic E-state index is 0.215. The summed E-state index contributed by atoms with van der Waals surface area (Å²) in [6, 6.07) is 23.5. The third-order valence-corrected chi connectivity index (χ3v) is 5.51. The fraction of sp³-hybridized carbons (Fsp3) is 0.0909. The Kier molecular flexibility index (Phi) is 4.44. The van der Waals surface area contributed by atoms with Gasteiger partial charge in [0.1, 0.15) is 6.61 Å². The number of nitrogens with zero attached hydrogens (tertiary/aromatic N) is 3. The van der Waals surface area contributed by atoms with Crippen molar-refractivity contribution < 1.29 is 9.47 Å². The van der Waals surface area contributed by atoms with Gasteiger partial charge in [-0.2, -0.15) is 4.98 Å². The van der Waals surface area contributed by atoms with Crippen LogP contribution in [0.3, 0.4) is 0 Å². The van der Waals surface area contributed by atoms with Crippen LogP contribution in [0.2, 0.25) is 0 Å². The second-order valence-corrected chi connectivity index (χ2v) is 7.37. The Morgan fingerprint density at radius 3 is 2.52 bits per heavy atom. The van der Waals surface area contributed by atoms with Gasteiger partial charge in [-0.25, -0.2) is 4.98 Å². The zero-order chi connectivity index (χ0) is 19.8. The van der Waals surface area contributed by atoms with Gasteiger partial charge in [0.2, 0.25) is 5.95 Å². The van der Waals surface area contributed by atoms with Gasteiger partial charge in [-0.05, 0) is 42.0 Å². The van der Waals surface area contributed by atoms with Crippen molar-refractivity contribution in [3.8, 4) is 11.5 Å². The molecule has 0 fully saturated rings. The van der Waals surface area contributed by atoms with Crippen molar-refractivity contribution >= 4 is 44.5 Å². The predicted octanol–water partition coefficient (Wildman–Crippen LogP) is 5.17. The lowest BCUT2D eigenvalue weighted by atomic mass is 10.1. The van der Waals surface area contributed by atoms with Crippen molar-refractivity contribution in [2.24, 2.45) is 0 Å². The van der Waals surface area contributed by atoms with Gasteiger partial charge in [0.25, 0.3) is 0 Å². The van der Waals surface area contributed by atoms with Crippen LogP contribution in [-0.2, 0) is 0 Å².